The van der Waals surface area contributed by atoms with Crippen LogP contribution in [-0.2, 0) is 13.1 Å². The summed E-state index contributed by atoms with van der Waals surface area (Å²) in [5.74, 6) is 0.907. The summed E-state index contributed by atoms with van der Waals surface area (Å²) in [7, 11) is 2.04. The molecule has 20 heavy (non-hydrogen) atoms. The maximum Gasteiger partial charge on any atom is 0.147 e. The molecule has 4 nitrogen and oxygen atoms in total. The highest BCUT2D eigenvalue weighted by Crippen LogP contribution is 2.14. The summed E-state index contributed by atoms with van der Waals surface area (Å²) in [4.78, 5) is 11.1. The molecule has 2 aromatic heterocycles. The molecule has 0 aromatic carbocycles. The third-order valence-corrected chi connectivity index (χ3v) is 3.59. The Morgan fingerprint density at radius 2 is 2.10 bits per heavy atom. The zero-order chi connectivity index (χ0) is 14.6. The van der Waals surface area contributed by atoms with Gasteiger partial charge in [-0.3, -0.25) is 4.98 Å². The van der Waals surface area contributed by atoms with E-state index in [0.29, 0.717) is 0 Å². The van der Waals surface area contributed by atoms with Gasteiger partial charge in [0.15, 0.2) is 0 Å². The average molecular weight is 290 g/mol. The van der Waals surface area contributed by atoms with Gasteiger partial charge in [0.2, 0.25) is 0 Å². The molecule has 2 heterocycles. The third kappa shape index (κ3) is 4.58. The second-order valence-corrected chi connectivity index (χ2v) is 6.74. The Morgan fingerprint density at radius 3 is 2.75 bits per heavy atom. The first-order valence-corrected chi connectivity index (χ1v) is 7.66. The first kappa shape index (κ1) is 14.9. The van der Waals surface area contributed by atoms with E-state index >= 15 is 0 Å². The molecule has 2 rings (SSSR count). The van der Waals surface area contributed by atoms with Gasteiger partial charge in [-0.15, -0.1) is 0 Å². The number of thiophene rings is 1. The monoisotopic (exact) mass is 290 g/mol. The predicted molar refractivity (Wildman–Crippen MR) is 85.1 cm³/mol. The van der Waals surface area contributed by atoms with Crippen LogP contribution in [0.25, 0.3) is 0 Å². The van der Waals surface area contributed by atoms with Crippen LogP contribution >= 0.6 is 11.3 Å². The van der Waals surface area contributed by atoms with Crippen molar-refractivity contribution in [3.05, 3.63) is 40.5 Å². The molecular formula is C15H22N4S. The van der Waals surface area contributed by atoms with Crippen LogP contribution in [0.1, 0.15) is 32.0 Å². The molecule has 0 saturated carbocycles. The summed E-state index contributed by atoms with van der Waals surface area (Å²) in [5.41, 5.74) is 2.35. The second kappa shape index (κ2) is 6.33. The van der Waals surface area contributed by atoms with E-state index in [-0.39, 0.29) is 5.54 Å². The zero-order valence-corrected chi connectivity index (χ0v) is 13.4. The molecule has 0 saturated heterocycles. The smallest absolute Gasteiger partial charge is 0.147 e. The fraction of sp³-hybridized carbons (Fsp3) is 0.467. The quantitative estimate of drug-likeness (QED) is 0.919. The molecule has 1 N–H and O–H groups in total. The summed E-state index contributed by atoms with van der Waals surface area (Å²) < 4.78 is 0. The number of rotatable bonds is 5. The van der Waals surface area contributed by atoms with Crippen molar-refractivity contribution in [3.8, 4) is 0 Å². The van der Waals surface area contributed by atoms with Crippen molar-refractivity contribution >= 4 is 17.2 Å². The Labute approximate surface area is 124 Å². The molecule has 5 heteroatoms. The van der Waals surface area contributed by atoms with Gasteiger partial charge in [0, 0.05) is 31.9 Å². The summed E-state index contributed by atoms with van der Waals surface area (Å²) in [6.45, 7) is 8.03. The number of hydrogen-bond donors (Lipinski definition) is 1. The molecule has 0 radical (unpaired) electrons. The van der Waals surface area contributed by atoms with Crippen molar-refractivity contribution in [2.75, 3.05) is 11.9 Å². The van der Waals surface area contributed by atoms with E-state index < -0.39 is 0 Å². The van der Waals surface area contributed by atoms with Gasteiger partial charge in [-0.2, -0.15) is 11.3 Å². The standard InChI is InChI=1S/C15H22N4S/c1-15(2,3)17-8-13-7-16-9-14(18-13)19(4)10-12-5-6-20-11-12/h5-7,9,11,17H,8,10H2,1-4H3. The first-order chi connectivity index (χ1) is 9.44. The summed E-state index contributed by atoms with van der Waals surface area (Å²) >= 11 is 1.72. The van der Waals surface area contributed by atoms with Crippen LogP contribution in [0.2, 0.25) is 0 Å². The Kier molecular flexibility index (Phi) is 4.73. The van der Waals surface area contributed by atoms with Crippen LogP contribution in [0.3, 0.4) is 0 Å². The van der Waals surface area contributed by atoms with Crippen molar-refractivity contribution in [2.45, 2.75) is 39.4 Å². The predicted octanol–water partition coefficient (Wildman–Crippen LogP) is 3.06. The maximum atomic E-state index is 4.66. The number of hydrogen-bond acceptors (Lipinski definition) is 5. The Morgan fingerprint density at radius 1 is 1.30 bits per heavy atom. The van der Waals surface area contributed by atoms with E-state index in [0.717, 1.165) is 24.6 Å². The highest BCUT2D eigenvalue weighted by molar-refractivity contribution is 7.07. The zero-order valence-electron chi connectivity index (χ0n) is 12.6. The summed E-state index contributed by atoms with van der Waals surface area (Å²) in [6, 6.07) is 2.14. The van der Waals surface area contributed by atoms with Gasteiger partial charge in [-0.05, 0) is 43.2 Å². The van der Waals surface area contributed by atoms with E-state index in [2.05, 4.69) is 57.8 Å². The normalized spacial score (nSPS) is 11.6. The van der Waals surface area contributed by atoms with Gasteiger partial charge in [-0.1, -0.05) is 0 Å². The number of nitrogens with zero attached hydrogens (tertiary/aromatic N) is 3. The van der Waals surface area contributed by atoms with Crippen molar-refractivity contribution < 1.29 is 0 Å². The molecule has 0 aliphatic heterocycles. The van der Waals surface area contributed by atoms with E-state index in [1.807, 2.05) is 19.4 Å². The van der Waals surface area contributed by atoms with Gasteiger partial charge in [0.1, 0.15) is 5.82 Å². The minimum atomic E-state index is 0.0836. The lowest BCUT2D eigenvalue weighted by molar-refractivity contribution is 0.421. The third-order valence-electron chi connectivity index (χ3n) is 2.86. The fourth-order valence-corrected chi connectivity index (χ4v) is 2.42. The topological polar surface area (TPSA) is 41.1 Å². The summed E-state index contributed by atoms with van der Waals surface area (Å²) in [5, 5.41) is 7.69. The van der Waals surface area contributed by atoms with E-state index in [1.165, 1.54) is 5.56 Å². The molecule has 0 spiro atoms. The van der Waals surface area contributed by atoms with E-state index in [9.17, 15) is 0 Å². The summed E-state index contributed by atoms with van der Waals surface area (Å²) in [6.07, 6.45) is 3.63. The van der Waals surface area contributed by atoms with Crippen molar-refractivity contribution in [1.29, 1.82) is 0 Å². The lowest BCUT2D eigenvalue weighted by atomic mass is 10.1. The lowest BCUT2D eigenvalue weighted by Crippen LogP contribution is -2.35. The molecule has 0 bridgehead atoms. The van der Waals surface area contributed by atoms with Gasteiger partial charge in [0.25, 0.3) is 0 Å². The minimum Gasteiger partial charge on any atom is -0.354 e. The maximum absolute atomic E-state index is 4.66. The van der Waals surface area contributed by atoms with E-state index in [4.69, 9.17) is 0 Å². The minimum absolute atomic E-state index is 0.0836. The second-order valence-electron chi connectivity index (χ2n) is 5.96. The van der Waals surface area contributed by atoms with Crippen LogP contribution in [0.5, 0.6) is 0 Å². The van der Waals surface area contributed by atoms with Crippen molar-refractivity contribution in [2.24, 2.45) is 0 Å². The van der Waals surface area contributed by atoms with Crippen LogP contribution in [0.4, 0.5) is 5.82 Å². The molecule has 0 fully saturated rings. The van der Waals surface area contributed by atoms with Crippen LogP contribution in [0.15, 0.2) is 29.2 Å². The molecule has 0 unspecified atom stereocenters. The van der Waals surface area contributed by atoms with Crippen molar-refractivity contribution in [1.82, 2.24) is 15.3 Å². The molecular weight excluding hydrogens is 268 g/mol. The van der Waals surface area contributed by atoms with E-state index in [1.54, 1.807) is 11.3 Å². The molecule has 0 atom stereocenters. The Hall–Kier alpha value is -1.46. The molecule has 2 aromatic rings. The molecule has 0 aliphatic carbocycles. The number of anilines is 1. The first-order valence-electron chi connectivity index (χ1n) is 6.72. The van der Waals surface area contributed by atoms with Crippen LogP contribution in [-0.4, -0.2) is 22.6 Å². The number of nitrogens with one attached hydrogen (secondary N) is 1. The fourth-order valence-electron chi connectivity index (χ4n) is 1.76. The molecule has 108 valence electrons. The highest BCUT2D eigenvalue weighted by Gasteiger charge is 2.10. The van der Waals surface area contributed by atoms with Crippen LogP contribution in [0, 0.1) is 0 Å². The highest BCUT2D eigenvalue weighted by atomic mass is 32.1. The van der Waals surface area contributed by atoms with Crippen LogP contribution < -0.4 is 10.2 Å². The average Bonchev–Trinajstić information content (AvgIpc) is 2.89. The van der Waals surface area contributed by atoms with Gasteiger partial charge >= 0.3 is 0 Å². The number of aromatic nitrogens is 2. The molecule has 0 aliphatic rings. The van der Waals surface area contributed by atoms with Gasteiger partial charge in [0.05, 0.1) is 11.9 Å². The lowest BCUT2D eigenvalue weighted by Gasteiger charge is -2.21. The Balaban J connectivity index is 2.01. The molecule has 0 amide bonds. The Bertz CT molecular complexity index is 531. The SMILES string of the molecule is CN(Cc1ccsc1)c1cncc(CNC(C)(C)C)n1. The largest absolute Gasteiger partial charge is 0.354 e. The van der Waals surface area contributed by atoms with Gasteiger partial charge in [-0.25, -0.2) is 4.98 Å². The van der Waals surface area contributed by atoms with Crippen molar-refractivity contribution in [3.63, 3.8) is 0 Å². The van der Waals surface area contributed by atoms with Gasteiger partial charge < -0.3 is 10.2 Å².